The zero-order chi connectivity index (χ0) is 12.4. The molecule has 1 saturated carbocycles. The Morgan fingerprint density at radius 3 is 2.35 bits per heavy atom. The number of carboxylic acids is 1. The van der Waals surface area contributed by atoms with Gasteiger partial charge < -0.3 is 5.11 Å². The van der Waals surface area contributed by atoms with Gasteiger partial charge in [0, 0.05) is 32.0 Å². The van der Waals surface area contributed by atoms with Gasteiger partial charge in [0.25, 0.3) is 0 Å². The van der Waals surface area contributed by atoms with Gasteiger partial charge in [0.05, 0.1) is 6.54 Å². The van der Waals surface area contributed by atoms with E-state index < -0.39 is 5.97 Å². The van der Waals surface area contributed by atoms with E-state index in [2.05, 4.69) is 0 Å². The molecular formula is C11H16N2O4. The Bertz CT molecular complexity index is 335. The predicted molar refractivity (Wildman–Crippen MR) is 58.2 cm³/mol. The van der Waals surface area contributed by atoms with Crippen molar-refractivity contribution in [1.82, 2.24) is 9.80 Å². The second-order valence-electron chi connectivity index (χ2n) is 4.53. The van der Waals surface area contributed by atoms with Gasteiger partial charge in [0.2, 0.25) is 11.8 Å². The average molecular weight is 240 g/mol. The second kappa shape index (κ2) is 4.83. The number of carbonyl (C=O) groups is 3. The minimum Gasteiger partial charge on any atom is -0.480 e. The highest BCUT2D eigenvalue weighted by Crippen LogP contribution is 2.26. The number of carboxylic acid groups (broad SMARTS) is 1. The van der Waals surface area contributed by atoms with Gasteiger partial charge in [0.1, 0.15) is 0 Å². The van der Waals surface area contributed by atoms with Crippen LogP contribution in [0.4, 0.5) is 0 Å². The van der Waals surface area contributed by atoms with Crippen molar-refractivity contribution < 1.29 is 19.5 Å². The summed E-state index contributed by atoms with van der Waals surface area (Å²) in [7, 11) is 0. The van der Waals surface area contributed by atoms with Crippen LogP contribution in [0.5, 0.6) is 0 Å². The third kappa shape index (κ3) is 3.03. The molecule has 0 spiro atoms. The molecular weight excluding hydrogens is 224 g/mol. The maximum Gasteiger partial charge on any atom is 0.317 e. The van der Waals surface area contributed by atoms with Crippen LogP contribution in [0.25, 0.3) is 0 Å². The van der Waals surface area contributed by atoms with Crippen LogP contribution in [-0.4, -0.2) is 58.4 Å². The van der Waals surface area contributed by atoms with Crippen molar-refractivity contribution in [3.8, 4) is 0 Å². The van der Waals surface area contributed by atoms with Gasteiger partial charge in [0.15, 0.2) is 0 Å². The molecule has 1 aliphatic heterocycles. The normalized spacial score (nSPS) is 20.4. The van der Waals surface area contributed by atoms with E-state index in [1.807, 2.05) is 4.90 Å². The average Bonchev–Trinajstić information content (AvgIpc) is 3.03. The first kappa shape index (κ1) is 12.0. The summed E-state index contributed by atoms with van der Waals surface area (Å²) in [6, 6.07) is 0.318. The topological polar surface area (TPSA) is 77.9 Å². The lowest BCUT2D eigenvalue weighted by molar-refractivity contribution is -0.139. The number of likely N-dealkylation sites (tertiary alicyclic amines) is 1. The fourth-order valence-electron chi connectivity index (χ4n) is 2.10. The minimum atomic E-state index is -0.865. The number of amides is 2. The molecule has 2 rings (SSSR count). The fourth-order valence-corrected chi connectivity index (χ4v) is 2.10. The fraction of sp³-hybridized carbons (Fsp3) is 0.727. The van der Waals surface area contributed by atoms with Crippen LogP contribution in [0.1, 0.15) is 25.7 Å². The van der Waals surface area contributed by atoms with Gasteiger partial charge in [-0.25, -0.2) is 0 Å². The Kier molecular flexibility index (Phi) is 3.42. The molecule has 2 aliphatic rings. The molecule has 0 atom stereocenters. The van der Waals surface area contributed by atoms with Crippen LogP contribution in [-0.2, 0) is 14.4 Å². The highest BCUT2D eigenvalue weighted by molar-refractivity contribution is 6.01. The monoisotopic (exact) mass is 240 g/mol. The van der Waals surface area contributed by atoms with Crippen molar-refractivity contribution in [2.45, 2.75) is 31.7 Å². The number of hydrogen-bond acceptors (Lipinski definition) is 4. The summed E-state index contributed by atoms with van der Waals surface area (Å²) >= 11 is 0. The third-order valence-corrected chi connectivity index (χ3v) is 3.17. The summed E-state index contributed by atoms with van der Waals surface area (Å²) in [5.74, 6) is -1.14. The maximum atomic E-state index is 11.4. The van der Waals surface area contributed by atoms with E-state index >= 15 is 0 Å². The molecule has 2 amide bonds. The van der Waals surface area contributed by atoms with E-state index in [-0.39, 0.29) is 18.4 Å². The molecule has 6 heteroatoms. The van der Waals surface area contributed by atoms with E-state index in [9.17, 15) is 14.4 Å². The van der Waals surface area contributed by atoms with Gasteiger partial charge >= 0.3 is 5.97 Å². The Labute approximate surface area is 99.2 Å². The first-order valence-electron chi connectivity index (χ1n) is 5.87. The third-order valence-electron chi connectivity index (χ3n) is 3.17. The molecule has 94 valence electrons. The molecule has 1 N–H and O–H groups in total. The summed E-state index contributed by atoms with van der Waals surface area (Å²) in [4.78, 5) is 36.5. The Morgan fingerprint density at radius 2 is 1.88 bits per heavy atom. The zero-order valence-electron chi connectivity index (χ0n) is 9.59. The molecule has 0 unspecified atom stereocenters. The quantitative estimate of drug-likeness (QED) is 0.644. The van der Waals surface area contributed by atoms with Gasteiger partial charge in [-0.05, 0) is 12.8 Å². The van der Waals surface area contributed by atoms with Crippen molar-refractivity contribution in [3.05, 3.63) is 0 Å². The summed E-state index contributed by atoms with van der Waals surface area (Å²) < 4.78 is 0. The number of hydrogen-bond donors (Lipinski definition) is 1. The summed E-state index contributed by atoms with van der Waals surface area (Å²) in [5.41, 5.74) is 0. The first-order chi connectivity index (χ1) is 8.08. The van der Waals surface area contributed by atoms with Gasteiger partial charge in [-0.15, -0.1) is 0 Å². The summed E-state index contributed by atoms with van der Waals surface area (Å²) in [6.45, 7) is 0.775. The molecule has 6 nitrogen and oxygen atoms in total. The van der Waals surface area contributed by atoms with Crippen molar-refractivity contribution in [1.29, 1.82) is 0 Å². The second-order valence-corrected chi connectivity index (χ2v) is 4.53. The van der Waals surface area contributed by atoms with Crippen LogP contribution in [0, 0.1) is 0 Å². The Morgan fingerprint density at radius 1 is 1.29 bits per heavy atom. The Balaban J connectivity index is 1.84. The number of nitrogens with zero attached hydrogens (tertiary/aromatic N) is 2. The van der Waals surface area contributed by atoms with E-state index in [1.54, 1.807) is 0 Å². The summed E-state index contributed by atoms with van der Waals surface area (Å²) in [5, 5.41) is 8.77. The van der Waals surface area contributed by atoms with Crippen LogP contribution in [0.15, 0.2) is 0 Å². The Hall–Kier alpha value is -1.43. The van der Waals surface area contributed by atoms with Crippen LogP contribution < -0.4 is 0 Å². The van der Waals surface area contributed by atoms with E-state index in [0.717, 1.165) is 12.8 Å². The lowest BCUT2D eigenvalue weighted by atomic mass is 10.4. The molecule has 1 heterocycles. The molecule has 0 aromatic rings. The van der Waals surface area contributed by atoms with E-state index in [4.69, 9.17) is 5.11 Å². The highest BCUT2D eigenvalue weighted by atomic mass is 16.4. The first-order valence-corrected chi connectivity index (χ1v) is 5.87. The molecule has 0 radical (unpaired) electrons. The van der Waals surface area contributed by atoms with Crippen molar-refractivity contribution in [2.24, 2.45) is 0 Å². The minimum absolute atomic E-state index is 0.0130. The highest BCUT2D eigenvalue weighted by Gasteiger charge is 2.33. The van der Waals surface area contributed by atoms with E-state index in [0.29, 0.717) is 32.0 Å². The smallest absolute Gasteiger partial charge is 0.317 e. The molecule has 1 aliphatic carbocycles. The van der Waals surface area contributed by atoms with Crippen molar-refractivity contribution >= 4 is 17.8 Å². The molecule has 0 aromatic carbocycles. The van der Waals surface area contributed by atoms with Crippen LogP contribution in [0.3, 0.4) is 0 Å². The van der Waals surface area contributed by atoms with Gasteiger partial charge in [-0.2, -0.15) is 0 Å². The number of aliphatic carboxylic acids is 1. The number of rotatable bonds is 6. The molecule has 17 heavy (non-hydrogen) atoms. The zero-order valence-corrected chi connectivity index (χ0v) is 9.59. The molecule has 0 aromatic heterocycles. The standard InChI is InChI=1S/C11H16N2O4/c14-9-3-4-10(15)13(9)6-5-12(7-11(16)17)8-1-2-8/h8H,1-7H2,(H,16,17). The van der Waals surface area contributed by atoms with Gasteiger partial charge in [-0.1, -0.05) is 0 Å². The SMILES string of the molecule is O=C(O)CN(CCN1C(=O)CCC1=O)C1CC1. The van der Waals surface area contributed by atoms with Crippen molar-refractivity contribution in [3.63, 3.8) is 0 Å². The predicted octanol–water partition coefficient (Wildman–Crippen LogP) is -0.316. The van der Waals surface area contributed by atoms with Gasteiger partial charge in [-0.3, -0.25) is 24.2 Å². The summed E-state index contributed by atoms with van der Waals surface area (Å²) in [6.07, 6.45) is 2.60. The molecule has 0 bridgehead atoms. The van der Waals surface area contributed by atoms with Crippen molar-refractivity contribution in [2.75, 3.05) is 19.6 Å². The maximum absolute atomic E-state index is 11.4. The van der Waals surface area contributed by atoms with Crippen LogP contribution >= 0.6 is 0 Å². The lowest BCUT2D eigenvalue weighted by Crippen LogP contribution is -2.40. The number of carbonyl (C=O) groups excluding carboxylic acids is 2. The number of imide groups is 1. The molecule has 1 saturated heterocycles. The lowest BCUT2D eigenvalue weighted by Gasteiger charge is -2.22. The van der Waals surface area contributed by atoms with Crippen LogP contribution in [0.2, 0.25) is 0 Å². The van der Waals surface area contributed by atoms with E-state index in [1.165, 1.54) is 4.90 Å². The largest absolute Gasteiger partial charge is 0.480 e. The molecule has 2 fully saturated rings.